The van der Waals surface area contributed by atoms with Crippen molar-refractivity contribution >= 4 is 11.9 Å². The third kappa shape index (κ3) is 4.20. The number of carbonyl (C=O) groups excluding carboxylic acids is 2. The van der Waals surface area contributed by atoms with Crippen molar-refractivity contribution in [1.29, 1.82) is 0 Å². The summed E-state index contributed by atoms with van der Waals surface area (Å²) in [5, 5.41) is 3.13. The van der Waals surface area contributed by atoms with Gasteiger partial charge in [-0.3, -0.25) is 9.78 Å². The number of aromatic nitrogens is 1. The fourth-order valence-electron chi connectivity index (χ4n) is 3.26. The average molecular weight is 352 g/mol. The fourth-order valence-corrected chi connectivity index (χ4v) is 3.26. The minimum Gasteiger partial charge on any atom is -0.369 e. The fraction of sp³-hybridized carbons (Fsp3) is 0.350. The average Bonchev–Trinajstić information content (AvgIpc) is 2.67. The first kappa shape index (κ1) is 17.9. The molecule has 1 atom stereocenters. The third-order valence-electron chi connectivity index (χ3n) is 4.90. The molecule has 6 heteroatoms. The largest absolute Gasteiger partial charge is 0.369 e. The van der Waals surface area contributed by atoms with E-state index in [1.54, 1.807) is 17.3 Å². The van der Waals surface area contributed by atoms with Crippen LogP contribution in [0.1, 0.15) is 35.6 Å². The molecule has 1 fully saturated rings. The Morgan fingerprint density at radius 2 is 1.65 bits per heavy atom. The summed E-state index contributed by atoms with van der Waals surface area (Å²) in [7, 11) is 0. The van der Waals surface area contributed by atoms with Gasteiger partial charge in [-0.1, -0.05) is 29.8 Å². The van der Waals surface area contributed by atoms with Gasteiger partial charge in [0.25, 0.3) is 0 Å². The highest BCUT2D eigenvalue weighted by Crippen LogP contribution is 2.23. The van der Waals surface area contributed by atoms with Gasteiger partial charge in [0.2, 0.25) is 5.91 Å². The van der Waals surface area contributed by atoms with E-state index in [0.29, 0.717) is 25.9 Å². The highest BCUT2D eigenvalue weighted by molar-refractivity contribution is 5.78. The molecule has 3 amide bonds. The summed E-state index contributed by atoms with van der Waals surface area (Å²) in [5.41, 5.74) is 8.53. The Balaban J connectivity index is 1.75. The lowest BCUT2D eigenvalue weighted by atomic mass is 9.96. The Labute approximate surface area is 153 Å². The van der Waals surface area contributed by atoms with Crippen molar-refractivity contribution in [2.24, 2.45) is 11.7 Å². The Hall–Kier alpha value is -2.89. The minimum atomic E-state index is -0.278. The highest BCUT2D eigenvalue weighted by atomic mass is 16.2. The monoisotopic (exact) mass is 352 g/mol. The van der Waals surface area contributed by atoms with Gasteiger partial charge in [0, 0.05) is 31.4 Å². The molecule has 136 valence electrons. The number of primary amides is 1. The summed E-state index contributed by atoms with van der Waals surface area (Å²) in [5.74, 6) is -0.411. The second-order valence-corrected chi connectivity index (χ2v) is 6.74. The van der Waals surface area contributed by atoms with E-state index in [1.807, 2.05) is 43.3 Å². The summed E-state index contributed by atoms with van der Waals surface area (Å²) in [6.45, 7) is 3.11. The van der Waals surface area contributed by atoms with Gasteiger partial charge in [0.05, 0.1) is 6.04 Å². The number of amides is 3. The number of nitrogens with one attached hydrogen (secondary N) is 1. The van der Waals surface area contributed by atoms with Crippen LogP contribution in [0.25, 0.3) is 0 Å². The van der Waals surface area contributed by atoms with Crippen molar-refractivity contribution in [1.82, 2.24) is 15.2 Å². The van der Waals surface area contributed by atoms with Crippen LogP contribution >= 0.6 is 0 Å². The molecule has 3 rings (SSSR count). The number of piperidine rings is 1. The maximum absolute atomic E-state index is 12.8. The quantitative estimate of drug-likeness (QED) is 0.885. The van der Waals surface area contributed by atoms with Crippen LogP contribution in [0.15, 0.2) is 48.8 Å². The number of urea groups is 1. The van der Waals surface area contributed by atoms with Crippen LogP contribution in [0.4, 0.5) is 4.79 Å². The van der Waals surface area contributed by atoms with E-state index < -0.39 is 0 Å². The number of hydrogen-bond donors (Lipinski definition) is 2. The zero-order chi connectivity index (χ0) is 18.5. The van der Waals surface area contributed by atoms with Gasteiger partial charge in [-0.05, 0) is 43.0 Å². The van der Waals surface area contributed by atoms with E-state index in [0.717, 1.165) is 11.1 Å². The van der Waals surface area contributed by atoms with Gasteiger partial charge in [0.1, 0.15) is 0 Å². The predicted molar refractivity (Wildman–Crippen MR) is 99.3 cm³/mol. The van der Waals surface area contributed by atoms with Crippen LogP contribution in [0.3, 0.4) is 0 Å². The number of nitrogens with zero attached hydrogens (tertiary/aromatic N) is 2. The molecule has 1 aliphatic heterocycles. The SMILES string of the molecule is Cc1ccc([C@H](NC(=O)N2CCC(C(N)=O)CC2)c2ccncc2)cc1. The van der Waals surface area contributed by atoms with Crippen LogP contribution in [0, 0.1) is 12.8 Å². The molecule has 0 unspecified atom stereocenters. The summed E-state index contributed by atoms with van der Waals surface area (Å²) in [6.07, 6.45) is 4.68. The van der Waals surface area contributed by atoms with Crippen LogP contribution in [-0.2, 0) is 4.79 Å². The molecule has 2 aromatic rings. The summed E-state index contributed by atoms with van der Waals surface area (Å²) in [4.78, 5) is 29.9. The van der Waals surface area contributed by atoms with Crippen LogP contribution in [0.2, 0.25) is 0 Å². The molecule has 0 radical (unpaired) electrons. The Morgan fingerprint density at radius 3 is 2.23 bits per heavy atom. The number of nitrogens with two attached hydrogens (primary N) is 1. The summed E-state index contributed by atoms with van der Waals surface area (Å²) in [6, 6.07) is 11.6. The van der Waals surface area contributed by atoms with Crippen molar-refractivity contribution < 1.29 is 9.59 Å². The van der Waals surface area contributed by atoms with Crippen molar-refractivity contribution in [3.05, 3.63) is 65.5 Å². The second-order valence-electron chi connectivity index (χ2n) is 6.74. The number of rotatable bonds is 4. The lowest BCUT2D eigenvalue weighted by Crippen LogP contribution is -2.47. The molecule has 0 spiro atoms. The predicted octanol–water partition coefficient (Wildman–Crippen LogP) is 2.39. The maximum Gasteiger partial charge on any atom is 0.318 e. The van der Waals surface area contributed by atoms with Crippen molar-refractivity contribution in [3.8, 4) is 0 Å². The van der Waals surface area contributed by atoms with Crippen molar-refractivity contribution in [2.75, 3.05) is 13.1 Å². The first-order valence-corrected chi connectivity index (χ1v) is 8.86. The van der Waals surface area contributed by atoms with Gasteiger partial charge in [-0.15, -0.1) is 0 Å². The van der Waals surface area contributed by atoms with E-state index in [1.165, 1.54) is 5.56 Å². The van der Waals surface area contributed by atoms with Gasteiger partial charge in [0.15, 0.2) is 0 Å². The molecule has 1 aromatic heterocycles. The first-order chi connectivity index (χ1) is 12.5. The normalized spacial score (nSPS) is 16.1. The van der Waals surface area contributed by atoms with Crippen LogP contribution < -0.4 is 11.1 Å². The highest BCUT2D eigenvalue weighted by Gasteiger charge is 2.27. The summed E-state index contributed by atoms with van der Waals surface area (Å²) < 4.78 is 0. The molecule has 3 N–H and O–H groups in total. The molecule has 0 aliphatic carbocycles. The van der Waals surface area contributed by atoms with E-state index >= 15 is 0 Å². The Morgan fingerprint density at radius 1 is 1.08 bits per heavy atom. The number of carbonyl (C=O) groups is 2. The molecule has 1 aromatic carbocycles. The molecule has 26 heavy (non-hydrogen) atoms. The number of benzene rings is 1. The van der Waals surface area contributed by atoms with E-state index in [4.69, 9.17) is 5.73 Å². The number of hydrogen-bond acceptors (Lipinski definition) is 3. The molecule has 0 saturated carbocycles. The zero-order valence-corrected chi connectivity index (χ0v) is 14.9. The molecule has 1 saturated heterocycles. The van der Waals surface area contributed by atoms with Gasteiger partial charge < -0.3 is 16.0 Å². The van der Waals surface area contributed by atoms with Gasteiger partial charge in [-0.25, -0.2) is 4.79 Å². The van der Waals surface area contributed by atoms with Crippen molar-refractivity contribution in [3.63, 3.8) is 0 Å². The maximum atomic E-state index is 12.8. The van der Waals surface area contributed by atoms with E-state index in [2.05, 4.69) is 10.3 Å². The second kappa shape index (κ2) is 7.99. The Bertz CT molecular complexity index is 753. The van der Waals surface area contributed by atoms with Crippen LogP contribution in [-0.4, -0.2) is 34.9 Å². The zero-order valence-electron chi connectivity index (χ0n) is 14.9. The lowest BCUT2D eigenvalue weighted by Gasteiger charge is -2.32. The minimum absolute atomic E-state index is 0.129. The third-order valence-corrected chi connectivity index (χ3v) is 4.90. The number of pyridine rings is 1. The molecular formula is C20H24N4O2. The Kier molecular flexibility index (Phi) is 5.51. The molecule has 0 bridgehead atoms. The molecule has 2 heterocycles. The van der Waals surface area contributed by atoms with Gasteiger partial charge >= 0.3 is 6.03 Å². The first-order valence-electron chi connectivity index (χ1n) is 8.86. The number of likely N-dealkylation sites (tertiary alicyclic amines) is 1. The van der Waals surface area contributed by atoms with Crippen molar-refractivity contribution in [2.45, 2.75) is 25.8 Å². The summed E-state index contributed by atoms with van der Waals surface area (Å²) >= 11 is 0. The molecular weight excluding hydrogens is 328 g/mol. The van der Waals surface area contributed by atoms with E-state index in [9.17, 15) is 9.59 Å². The standard InChI is InChI=1S/C20H24N4O2/c1-14-2-4-15(5-3-14)18(16-6-10-22-11-7-16)23-20(26)24-12-8-17(9-13-24)19(21)25/h2-7,10-11,17-18H,8-9,12-13H2,1H3,(H2,21,25)(H,23,26)/t18-/m0/s1. The smallest absolute Gasteiger partial charge is 0.318 e. The van der Waals surface area contributed by atoms with Crippen LogP contribution in [0.5, 0.6) is 0 Å². The van der Waals surface area contributed by atoms with E-state index in [-0.39, 0.29) is 23.9 Å². The number of aryl methyl sites for hydroxylation is 1. The lowest BCUT2D eigenvalue weighted by molar-refractivity contribution is -0.123. The van der Waals surface area contributed by atoms with Gasteiger partial charge in [-0.2, -0.15) is 0 Å². The topological polar surface area (TPSA) is 88.3 Å². The molecule has 6 nitrogen and oxygen atoms in total. The molecule has 1 aliphatic rings.